The van der Waals surface area contributed by atoms with Gasteiger partial charge in [-0.05, 0) is 38.5 Å². The molecule has 0 bridgehead atoms. The van der Waals surface area contributed by atoms with E-state index in [9.17, 15) is 13.6 Å². The van der Waals surface area contributed by atoms with Gasteiger partial charge in [-0.3, -0.25) is 4.84 Å². The molecule has 25 heavy (non-hydrogen) atoms. The molecule has 1 N–H and O–H groups in total. The lowest BCUT2D eigenvalue weighted by Gasteiger charge is -2.23. The molecule has 6 nitrogen and oxygen atoms in total. The van der Waals surface area contributed by atoms with Gasteiger partial charge in [-0.15, -0.1) is 0 Å². The smallest absolute Gasteiger partial charge is 0.408 e. The Kier molecular flexibility index (Phi) is 6.31. The third-order valence-electron chi connectivity index (χ3n) is 3.55. The maximum atomic E-state index is 13.6. The first-order chi connectivity index (χ1) is 11.7. The van der Waals surface area contributed by atoms with Gasteiger partial charge in [-0.1, -0.05) is 6.07 Å². The fourth-order valence-electron chi connectivity index (χ4n) is 2.49. The molecule has 1 fully saturated rings. The van der Waals surface area contributed by atoms with Gasteiger partial charge in [0.15, 0.2) is 11.6 Å². The lowest BCUT2D eigenvalue weighted by molar-refractivity contribution is -0.154. The van der Waals surface area contributed by atoms with Crippen LogP contribution >= 0.6 is 0 Å². The molecule has 0 unspecified atom stereocenters. The summed E-state index contributed by atoms with van der Waals surface area (Å²) in [5, 5.41) is 4.36. The fourth-order valence-corrected chi connectivity index (χ4v) is 2.49. The van der Waals surface area contributed by atoms with Crippen molar-refractivity contribution in [3.63, 3.8) is 0 Å². The molecule has 8 heteroatoms. The number of carbonyl (C=O) groups excluding carboxylic acids is 1. The highest BCUT2D eigenvalue weighted by Crippen LogP contribution is 2.30. The minimum absolute atomic E-state index is 0.367. The van der Waals surface area contributed by atoms with E-state index < -0.39 is 35.5 Å². The van der Waals surface area contributed by atoms with Crippen molar-refractivity contribution in [1.29, 1.82) is 0 Å². The summed E-state index contributed by atoms with van der Waals surface area (Å²) in [6.45, 7) is 6.56. The fraction of sp³-hybridized carbons (Fsp3) is 0.588. The molecule has 1 amide bonds. The van der Waals surface area contributed by atoms with Gasteiger partial charge in [-0.2, -0.15) is 5.06 Å². The molecule has 0 saturated carbocycles. The Morgan fingerprint density at radius 2 is 2.08 bits per heavy atom. The van der Waals surface area contributed by atoms with Gasteiger partial charge in [0.05, 0.1) is 12.6 Å². The molecule has 1 saturated heterocycles. The van der Waals surface area contributed by atoms with Crippen LogP contribution in [-0.4, -0.2) is 49.6 Å². The van der Waals surface area contributed by atoms with Crippen LogP contribution in [0.3, 0.4) is 0 Å². The number of benzene rings is 1. The van der Waals surface area contributed by atoms with Gasteiger partial charge < -0.3 is 14.8 Å². The van der Waals surface area contributed by atoms with Crippen molar-refractivity contribution in [1.82, 2.24) is 10.4 Å². The summed E-state index contributed by atoms with van der Waals surface area (Å²) < 4.78 is 37.0. The molecule has 1 aliphatic heterocycles. The van der Waals surface area contributed by atoms with Crippen molar-refractivity contribution in [2.75, 3.05) is 26.8 Å². The SMILES string of the molecule is COCCN1C[C@@H](NC(=O)OC(C)(C)C)[C@H](c2ccc(F)c(F)c2)O1. The van der Waals surface area contributed by atoms with Crippen LogP contribution in [0.4, 0.5) is 13.6 Å². The predicted octanol–water partition coefficient (Wildman–Crippen LogP) is 2.79. The van der Waals surface area contributed by atoms with E-state index in [2.05, 4.69) is 5.32 Å². The van der Waals surface area contributed by atoms with Crippen LogP contribution in [0.5, 0.6) is 0 Å². The van der Waals surface area contributed by atoms with Crippen molar-refractivity contribution >= 4 is 6.09 Å². The summed E-state index contributed by atoms with van der Waals surface area (Å²) >= 11 is 0. The molecule has 1 aromatic rings. The van der Waals surface area contributed by atoms with Crippen LogP contribution in [-0.2, 0) is 14.3 Å². The highest BCUT2D eigenvalue weighted by Gasteiger charge is 2.37. The second-order valence-electron chi connectivity index (χ2n) is 6.83. The Labute approximate surface area is 146 Å². The molecule has 0 spiro atoms. The number of halogens is 2. The zero-order valence-electron chi connectivity index (χ0n) is 14.8. The summed E-state index contributed by atoms with van der Waals surface area (Å²) in [6.07, 6.45) is -1.25. The third kappa shape index (κ3) is 5.62. The molecule has 1 heterocycles. The zero-order chi connectivity index (χ0) is 18.6. The van der Waals surface area contributed by atoms with E-state index in [-0.39, 0.29) is 0 Å². The zero-order valence-corrected chi connectivity index (χ0v) is 14.8. The van der Waals surface area contributed by atoms with Crippen molar-refractivity contribution in [3.05, 3.63) is 35.4 Å². The number of nitrogens with one attached hydrogen (secondary N) is 1. The topological polar surface area (TPSA) is 60.0 Å². The van der Waals surface area contributed by atoms with Gasteiger partial charge in [0.25, 0.3) is 0 Å². The number of hydrogen-bond donors (Lipinski definition) is 1. The van der Waals surface area contributed by atoms with Crippen molar-refractivity contribution in [3.8, 4) is 0 Å². The molecule has 140 valence electrons. The van der Waals surface area contributed by atoms with Crippen LogP contribution in [0.1, 0.15) is 32.4 Å². The Balaban J connectivity index is 2.14. The maximum absolute atomic E-state index is 13.6. The highest BCUT2D eigenvalue weighted by atomic mass is 19.2. The molecule has 0 radical (unpaired) electrons. The largest absolute Gasteiger partial charge is 0.444 e. The normalized spacial score (nSPS) is 21.4. The first kappa shape index (κ1) is 19.6. The minimum Gasteiger partial charge on any atom is -0.444 e. The number of rotatable bonds is 5. The van der Waals surface area contributed by atoms with E-state index in [4.69, 9.17) is 14.3 Å². The number of ether oxygens (including phenoxy) is 2. The van der Waals surface area contributed by atoms with Gasteiger partial charge in [0.2, 0.25) is 0 Å². The molecule has 2 rings (SSSR count). The summed E-state index contributed by atoms with van der Waals surface area (Å²) in [5.41, 5.74) is -0.212. The van der Waals surface area contributed by atoms with Crippen LogP contribution in [0.25, 0.3) is 0 Å². The van der Waals surface area contributed by atoms with Gasteiger partial charge in [-0.25, -0.2) is 13.6 Å². The molecular weight excluding hydrogens is 334 g/mol. The highest BCUT2D eigenvalue weighted by molar-refractivity contribution is 5.68. The number of amides is 1. The lowest BCUT2D eigenvalue weighted by atomic mass is 10.0. The van der Waals surface area contributed by atoms with E-state index in [1.807, 2.05) is 0 Å². The second kappa shape index (κ2) is 8.07. The van der Waals surface area contributed by atoms with Crippen LogP contribution in [0, 0.1) is 11.6 Å². The van der Waals surface area contributed by atoms with Crippen molar-refractivity contribution in [2.45, 2.75) is 38.5 Å². The van der Waals surface area contributed by atoms with Crippen molar-refractivity contribution in [2.24, 2.45) is 0 Å². The second-order valence-corrected chi connectivity index (χ2v) is 6.83. The van der Waals surface area contributed by atoms with Gasteiger partial charge >= 0.3 is 6.09 Å². The first-order valence-corrected chi connectivity index (χ1v) is 8.04. The number of hydroxylamine groups is 2. The van der Waals surface area contributed by atoms with E-state index in [0.717, 1.165) is 12.1 Å². The summed E-state index contributed by atoms with van der Waals surface area (Å²) in [7, 11) is 1.57. The summed E-state index contributed by atoms with van der Waals surface area (Å²) in [4.78, 5) is 17.8. The first-order valence-electron chi connectivity index (χ1n) is 8.04. The van der Waals surface area contributed by atoms with Crippen LogP contribution < -0.4 is 5.32 Å². The van der Waals surface area contributed by atoms with E-state index in [0.29, 0.717) is 25.3 Å². The molecule has 0 aliphatic carbocycles. The lowest BCUT2D eigenvalue weighted by Crippen LogP contribution is -2.42. The predicted molar refractivity (Wildman–Crippen MR) is 86.8 cm³/mol. The number of methoxy groups -OCH3 is 1. The Morgan fingerprint density at radius 1 is 1.36 bits per heavy atom. The Bertz CT molecular complexity index is 607. The Hall–Kier alpha value is -1.77. The molecule has 1 aromatic carbocycles. The third-order valence-corrected chi connectivity index (χ3v) is 3.55. The number of alkyl carbamates (subject to hydrolysis) is 1. The monoisotopic (exact) mass is 358 g/mol. The average molecular weight is 358 g/mol. The van der Waals surface area contributed by atoms with E-state index in [1.165, 1.54) is 6.07 Å². The Morgan fingerprint density at radius 3 is 2.68 bits per heavy atom. The number of carbonyl (C=O) groups is 1. The van der Waals surface area contributed by atoms with Gasteiger partial charge in [0.1, 0.15) is 11.7 Å². The molecular formula is C17H24F2N2O4. The average Bonchev–Trinajstić information content (AvgIpc) is 2.88. The minimum atomic E-state index is -0.965. The van der Waals surface area contributed by atoms with Crippen LogP contribution in [0.2, 0.25) is 0 Å². The van der Waals surface area contributed by atoms with Crippen LogP contribution in [0.15, 0.2) is 18.2 Å². The van der Waals surface area contributed by atoms with Crippen molar-refractivity contribution < 1.29 is 27.9 Å². The molecule has 2 atom stereocenters. The van der Waals surface area contributed by atoms with E-state index in [1.54, 1.807) is 32.9 Å². The standard InChI is InChI=1S/C17H24F2N2O4/c1-17(2,3)24-16(22)20-14-10-21(7-8-23-4)25-15(14)11-5-6-12(18)13(19)9-11/h5-6,9,14-15H,7-8,10H2,1-4H3,(H,20,22)/t14-,15+/m1/s1. The van der Waals surface area contributed by atoms with Gasteiger partial charge in [0, 0.05) is 20.2 Å². The molecule has 0 aromatic heterocycles. The van der Waals surface area contributed by atoms with E-state index >= 15 is 0 Å². The number of nitrogens with zero attached hydrogens (tertiary/aromatic N) is 1. The maximum Gasteiger partial charge on any atom is 0.408 e. The quantitative estimate of drug-likeness (QED) is 0.877. The molecule has 1 aliphatic rings. The summed E-state index contributed by atoms with van der Waals surface area (Å²) in [6, 6.07) is 3.07. The number of hydrogen-bond acceptors (Lipinski definition) is 5. The summed E-state index contributed by atoms with van der Waals surface area (Å²) in [5.74, 6) is -1.90.